The maximum Gasteiger partial charge on any atom is 0.223 e. The maximum atomic E-state index is 15.0. The molecule has 0 spiro atoms. The fraction of sp³-hybridized carbons (Fsp3) is 0.417. The highest BCUT2D eigenvalue weighted by Gasteiger charge is 2.43. The molecule has 40 heavy (non-hydrogen) atoms. The Morgan fingerprint density at radius 2 is 2.00 bits per heavy atom. The highest BCUT2D eigenvalue weighted by atomic mass is 35.5. The van der Waals surface area contributed by atoms with Crippen LogP contribution in [0.3, 0.4) is 0 Å². The number of nitrogens with zero attached hydrogens (tertiary/aromatic N) is 6. The molecule has 0 amide bonds. The first-order valence-corrected chi connectivity index (χ1v) is 14.4. The van der Waals surface area contributed by atoms with E-state index in [9.17, 15) is 13.7 Å². The summed E-state index contributed by atoms with van der Waals surface area (Å²) in [6.07, 6.45) is 4.62. The summed E-state index contributed by atoms with van der Waals surface area (Å²) in [5.74, 6) is 0.124. The van der Waals surface area contributed by atoms with Crippen LogP contribution in [0.4, 0.5) is 10.3 Å². The van der Waals surface area contributed by atoms with Gasteiger partial charge in [-0.25, -0.2) is 27.5 Å². The highest BCUT2D eigenvalue weighted by molar-refractivity contribution is 7.90. The number of aromatic nitrogens is 4. The summed E-state index contributed by atoms with van der Waals surface area (Å²) in [4.78, 5) is 8.64. The third kappa shape index (κ3) is 6.36. The van der Waals surface area contributed by atoms with Crippen LogP contribution in [0.5, 0.6) is 0 Å². The third-order valence-corrected chi connectivity index (χ3v) is 9.42. The standard InChI is InChI=1S/C24H23B3ClFN8O2S/c25-24(26,27)32-9-14-1-4-21(18(28)7-14)37-12-16(11-33-37)22-15(8-30)10-31-23(35-22)34-20-5-6-36(13-19(20)29)40(38,39)17-2-3-17/h1,4,7,10-12,17,19-20,32H,2-3,5-6,9,13H2,(H,31,34,35)/t19-,20+/m1/s1. The first kappa shape index (κ1) is 28.6. The third-order valence-electron chi connectivity index (χ3n) is 6.75. The molecule has 1 saturated heterocycles. The molecular formula is C24H23B3ClFN8O2S. The van der Waals surface area contributed by atoms with Crippen LogP contribution in [-0.4, -0.2) is 91.8 Å². The van der Waals surface area contributed by atoms with Gasteiger partial charge >= 0.3 is 0 Å². The van der Waals surface area contributed by atoms with E-state index in [0.717, 1.165) is 5.56 Å². The number of nitrogens with one attached hydrogen (secondary N) is 2. The molecule has 200 valence electrons. The van der Waals surface area contributed by atoms with Gasteiger partial charge in [-0.15, -0.1) is 0 Å². The minimum atomic E-state index is -3.44. The Hall–Kier alpha value is -2.92. The van der Waals surface area contributed by atoms with Crippen LogP contribution in [0.2, 0.25) is 5.02 Å². The number of nitriles is 1. The molecule has 3 aromatic rings. The van der Waals surface area contributed by atoms with Gasteiger partial charge in [0, 0.05) is 31.4 Å². The van der Waals surface area contributed by atoms with Crippen LogP contribution in [0.25, 0.3) is 16.9 Å². The fourth-order valence-corrected chi connectivity index (χ4v) is 6.60. The summed E-state index contributed by atoms with van der Waals surface area (Å²) >= 11 is 6.49. The second kappa shape index (κ2) is 11.2. The summed E-state index contributed by atoms with van der Waals surface area (Å²) in [5.41, 5.74) is 2.40. The topological polar surface area (TPSA) is 129 Å². The Bertz CT molecular complexity index is 1560. The zero-order valence-corrected chi connectivity index (χ0v) is 22.9. The van der Waals surface area contributed by atoms with Crippen molar-refractivity contribution in [3.63, 3.8) is 0 Å². The first-order chi connectivity index (χ1) is 18.9. The SMILES string of the molecule is [B]C([B])([B])NCc1ccc(-n2cc(-c3nc(N[C@H]4CCN(S(=O)(=O)C5CC5)C[C@H]4F)ncc3C#N)cn2)c(Cl)c1. The van der Waals surface area contributed by atoms with Gasteiger partial charge in [-0.1, -0.05) is 22.9 Å². The van der Waals surface area contributed by atoms with E-state index in [1.54, 1.807) is 18.3 Å². The normalized spacial score (nSPS) is 20.2. The molecule has 10 nitrogen and oxygen atoms in total. The quantitative estimate of drug-likeness (QED) is 0.367. The molecule has 6 radical (unpaired) electrons. The lowest BCUT2D eigenvalue weighted by Gasteiger charge is -2.34. The van der Waals surface area contributed by atoms with Crippen molar-refractivity contribution < 1.29 is 12.8 Å². The Balaban J connectivity index is 1.31. The summed E-state index contributed by atoms with van der Waals surface area (Å²) < 4.78 is 42.8. The summed E-state index contributed by atoms with van der Waals surface area (Å²) in [7, 11) is 13.2. The smallest absolute Gasteiger partial charge is 0.223 e. The van der Waals surface area contributed by atoms with E-state index < -0.39 is 27.5 Å². The molecule has 5 rings (SSSR count). The van der Waals surface area contributed by atoms with E-state index in [1.807, 2.05) is 6.07 Å². The molecule has 2 atom stereocenters. The molecule has 1 aromatic carbocycles. The summed E-state index contributed by atoms with van der Waals surface area (Å²) in [6.45, 7) is 0.298. The number of hydrogen-bond acceptors (Lipinski definition) is 8. The Labute approximate surface area is 241 Å². The lowest BCUT2D eigenvalue weighted by Crippen LogP contribution is -2.50. The van der Waals surface area contributed by atoms with Crippen molar-refractivity contribution in [3.05, 3.63) is 52.9 Å². The number of sulfonamides is 1. The molecule has 0 bridgehead atoms. The van der Waals surface area contributed by atoms with Gasteiger partial charge in [-0.05, 0) is 37.0 Å². The number of alkyl halides is 1. The Morgan fingerprint density at radius 1 is 1.23 bits per heavy atom. The van der Waals surface area contributed by atoms with Gasteiger partial charge in [0.15, 0.2) is 0 Å². The minimum absolute atomic E-state index is 0.124. The molecule has 1 aliphatic carbocycles. The zero-order chi connectivity index (χ0) is 28.7. The molecule has 1 aliphatic heterocycles. The average Bonchev–Trinajstić information content (AvgIpc) is 3.67. The number of halogens is 2. The van der Waals surface area contributed by atoms with Crippen LogP contribution in [0, 0.1) is 11.3 Å². The van der Waals surface area contributed by atoms with Crippen molar-refractivity contribution in [2.45, 2.75) is 48.5 Å². The average molecular weight is 574 g/mol. The molecule has 2 aromatic heterocycles. The molecular weight excluding hydrogens is 551 g/mol. The van der Waals surface area contributed by atoms with Crippen LogP contribution in [0.1, 0.15) is 30.4 Å². The van der Waals surface area contributed by atoms with Gasteiger partial charge in [0.2, 0.25) is 16.0 Å². The van der Waals surface area contributed by atoms with Gasteiger partial charge in [0.05, 0.1) is 69.2 Å². The fourth-order valence-electron chi connectivity index (χ4n) is 4.44. The zero-order valence-electron chi connectivity index (χ0n) is 21.3. The summed E-state index contributed by atoms with van der Waals surface area (Å²) in [6, 6.07) is 6.68. The van der Waals surface area contributed by atoms with E-state index in [1.165, 1.54) is 21.4 Å². The largest absolute Gasteiger partial charge is 0.348 e. The lowest BCUT2D eigenvalue weighted by molar-refractivity contribution is 0.185. The van der Waals surface area contributed by atoms with E-state index in [4.69, 9.17) is 35.1 Å². The monoisotopic (exact) mass is 574 g/mol. The van der Waals surface area contributed by atoms with Crippen LogP contribution in [0.15, 0.2) is 36.8 Å². The summed E-state index contributed by atoms with van der Waals surface area (Å²) in [5, 5.41) is 18.2. The number of rotatable bonds is 9. The van der Waals surface area contributed by atoms with Crippen molar-refractivity contribution in [2.24, 2.45) is 0 Å². The predicted octanol–water partition coefficient (Wildman–Crippen LogP) is 1.38. The number of piperidine rings is 1. The van der Waals surface area contributed by atoms with Crippen LogP contribution < -0.4 is 10.6 Å². The van der Waals surface area contributed by atoms with Crippen molar-refractivity contribution in [1.82, 2.24) is 29.4 Å². The molecule has 2 N–H and O–H groups in total. The van der Waals surface area contributed by atoms with Crippen molar-refractivity contribution in [2.75, 3.05) is 18.4 Å². The molecule has 2 fully saturated rings. The molecule has 2 aliphatic rings. The van der Waals surface area contributed by atoms with Crippen molar-refractivity contribution in [1.29, 1.82) is 5.26 Å². The maximum absolute atomic E-state index is 15.0. The van der Waals surface area contributed by atoms with Gasteiger partial charge in [0.1, 0.15) is 12.2 Å². The van der Waals surface area contributed by atoms with Crippen molar-refractivity contribution >= 4 is 51.1 Å². The highest BCUT2D eigenvalue weighted by Crippen LogP contribution is 2.33. The van der Waals surface area contributed by atoms with Crippen molar-refractivity contribution in [3.8, 4) is 23.0 Å². The first-order valence-electron chi connectivity index (χ1n) is 12.6. The number of anilines is 1. The second-order valence-electron chi connectivity index (χ2n) is 9.97. The number of hydrogen-bond donors (Lipinski definition) is 2. The van der Waals surface area contributed by atoms with E-state index in [-0.39, 0.29) is 36.3 Å². The van der Waals surface area contributed by atoms with E-state index in [0.29, 0.717) is 41.4 Å². The molecule has 16 heteroatoms. The Kier molecular flexibility index (Phi) is 7.98. The lowest BCUT2D eigenvalue weighted by atomic mass is 9.49. The number of benzene rings is 1. The van der Waals surface area contributed by atoms with E-state index in [2.05, 4.69) is 31.8 Å². The minimum Gasteiger partial charge on any atom is -0.348 e. The van der Waals surface area contributed by atoms with Gasteiger partial charge in [-0.2, -0.15) is 14.7 Å². The van der Waals surface area contributed by atoms with E-state index >= 15 is 4.39 Å². The van der Waals surface area contributed by atoms with Gasteiger partial charge in [0.25, 0.3) is 0 Å². The molecule has 0 unspecified atom stereocenters. The molecule has 3 heterocycles. The van der Waals surface area contributed by atoms with Gasteiger partial charge < -0.3 is 10.6 Å². The Morgan fingerprint density at radius 3 is 2.65 bits per heavy atom. The second-order valence-corrected chi connectivity index (χ2v) is 12.6. The van der Waals surface area contributed by atoms with Crippen LogP contribution >= 0.6 is 11.6 Å². The molecule has 1 saturated carbocycles. The van der Waals surface area contributed by atoms with Crippen LogP contribution in [-0.2, 0) is 16.6 Å². The van der Waals surface area contributed by atoms with Gasteiger partial charge in [-0.3, -0.25) is 0 Å². The predicted molar refractivity (Wildman–Crippen MR) is 152 cm³/mol.